The first-order valence-corrected chi connectivity index (χ1v) is 7.04. The molecule has 5 nitrogen and oxygen atoms in total. The molecule has 1 N–H and O–H groups in total. The zero-order valence-corrected chi connectivity index (χ0v) is 13.0. The van der Waals surface area contributed by atoms with E-state index in [0.29, 0.717) is 16.8 Å². The molecule has 0 aliphatic carbocycles. The van der Waals surface area contributed by atoms with Crippen molar-refractivity contribution in [3.63, 3.8) is 0 Å². The van der Waals surface area contributed by atoms with Crippen LogP contribution >= 0.6 is 15.9 Å². The summed E-state index contributed by atoms with van der Waals surface area (Å²) < 4.78 is 11.1. The Morgan fingerprint density at radius 1 is 1.33 bits per heavy atom. The van der Waals surface area contributed by atoms with E-state index in [2.05, 4.69) is 20.9 Å². The number of halogens is 1. The Bertz CT molecular complexity index is 628. The highest BCUT2D eigenvalue weighted by atomic mass is 79.9. The van der Waals surface area contributed by atoms with Gasteiger partial charge in [-0.2, -0.15) is 0 Å². The summed E-state index contributed by atoms with van der Waals surface area (Å²) in [5.74, 6) is -0.487. The lowest BCUT2D eigenvalue weighted by Gasteiger charge is -2.08. The molecule has 0 aliphatic rings. The number of ether oxygens (including phenoxy) is 2. The molecular weight excluding hydrogens is 338 g/mol. The summed E-state index contributed by atoms with van der Waals surface area (Å²) in [6.07, 6.45) is 2.31. The lowest BCUT2D eigenvalue weighted by molar-refractivity contribution is 0.0693. The first-order valence-electron chi connectivity index (χ1n) is 6.24. The van der Waals surface area contributed by atoms with Gasteiger partial charge in [-0.3, -0.25) is 0 Å². The van der Waals surface area contributed by atoms with Crippen molar-refractivity contribution in [2.24, 2.45) is 0 Å². The average Bonchev–Trinajstić information content (AvgIpc) is 2.48. The standard InChI is InChI=1S/C15H14BrNO4/c1-20-7-6-10-2-4-12(5-3-10)21-14-13(15(18)19)8-11(16)9-17-14/h2-5,8-9H,6-7H2,1H3,(H,18,19). The van der Waals surface area contributed by atoms with E-state index in [4.69, 9.17) is 14.6 Å². The number of carboxylic acids is 1. The third kappa shape index (κ3) is 4.27. The van der Waals surface area contributed by atoms with Crippen LogP contribution in [0.1, 0.15) is 15.9 Å². The fourth-order valence-corrected chi connectivity index (χ4v) is 2.05. The van der Waals surface area contributed by atoms with Gasteiger partial charge in [0.15, 0.2) is 0 Å². The van der Waals surface area contributed by atoms with E-state index in [1.807, 2.05) is 12.1 Å². The molecule has 0 aliphatic heterocycles. The second kappa shape index (κ2) is 7.19. The van der Waals surface area contributed by atoms with Crippen molar-refractivity contribution in [3.05, 3.63) is 52.1 Å². The van der Waals surface area contributed by atoms with Gasteiger partial charge in [0, 0.05) is 17.8 Å². The summed E-state index contributed by atoms with van der Waals surface area (Å²) in [7, 11) is 1.66. The summed E-state index contributed by atoms with van der Waals surface area (Å²) in [6, 6.07) is 8.83. The third-order valence-corrected chi connectivity index (χ3v) is 3.21. The molecule has 1 heterocycles. The minimum atomic E-state index is -1.09. The van der Waals surface area contributed by atoms with Crippen LogP contribution in [-0.2, 0) is 11.2 Å². The zero-order chi connectivity index (χ0) is 15.2. The Morgan fingerprint density at radius 3 is 2.67 bits per heavy atom. The van der Waals surface area contributed by atoms with Crippen molar-refractivity contribution in [3.8, 4) is 11.6 Å². The van der Waals surface area contributed by atoms with E-state index in [0.717, 1.165) is 12.0 Å². The zero-order valence-electron chi connectivity index (χ0n) is 11.4. The topological polar surface area (TPSA) is 68.7 Å². The lowest BCUT2D eigenvalue weighted by atomic mass is 10.1. The third-order valence-electron chi connectivity index (χ3n) is 2.78. The van der Waals surface area contributed by atoms with Crippen molar-refractivity contribution in [1.29, 1.82) is 0 Å². The highest BCUT2D eigenvalue weighted by Gasteiger charge is 2.14. The van der Waals surface area contributed by atoms with Gasteiger partial charge in [0.2, 0.25) is 5.88 Å². The fourth-order valence-electron chi connectivity index (χ4n) is 1.72. The van der Waals surface area contributed by atoms with Gasteiger partial charge in [-0.25, -0.2) is 9.78 Å². The minimum absolute atomic E-state index is 0.00725. The molecule has 6 heteroatoms. The predicted molar refractivity (Wildman–Crippen MR) is 81.0 cm³/mol. The Morgan fingerprint density at radius 2 is 2.05 bits per heavy atom. The summed E-state index contributed by atoms with van der Waals surface area (Å²) in [6.45, 7) is 0.650. The molecule has 0 radical (unpaired) electrons. The average molecular weight is 352 g/mol. The Balaban J connectivity index is 2.16. The van der Waals surface area contributed by atoms with Gasteiger partial charge < -0.3 is 14.6 Å². The number of hydrogen-bond acceptors (Lipinski definition) is 4. The second-order valence-corrected chi connectivity index (χ2v) is 5.22. The SMILES string of the molecule is COCCc1ccc(Oc2ncc(Br)cc2C(=O)O)cc1. The molecule has 0 saturated carbocycles. The molecule has 21 heavy (non-hydrogen) atoms. The van der Waals surface area contributed by atoms with E-state index in [9.17, 15) is 4.79 Å². The normalized spacial score (nSPS) is 10.4. The van der Waals surface area contributed by atoms with Crippen LogP contribution in [0.25, 0.3) is 0 Å². The molecule has 0 saturated heterocycles. The van der Waals surface area contributed by atoms with Crippen LogP contribution in [0.4, 0.5) is 0 Å². The van der Waals surface area contributed by atoms with Crippen molar-refractivity contribution < 1.29 is 19.4 Å². The highest BCUT2D eigenvalue weighted by molar-refractivity contribution is 9.10. The molecule has 0 amide bonds. The first-order chi connectivity index (χ1) is 10.1. The van der Waals surface area contributed by atoms with Crippen molar-refractivity contribution in [1.82, 2.24) is 4.98 Å². The number of rotatable bonds is 6. The number of nitrogens with zero attached hydrogens (tertiary/aromatic N) is 1. The summed E-state index contributed by atoms with van der Waals surface area (Å²) >= 11 is 3.19. The molecule has 110 valence electrons. The van der Waals surface area contributed by atoms with Gasteiger partial charge in [-0.05, 0) is 46.1 Å². The molecule has 0 atom stereocenters. The maximum Gasteiger partial charge on any atom is 0.341 e. The van der Waals surface area contributed by atoms with E-state index in [1.54, 1.807) is 19.2 Å². The summed E-state index contributed by atoms with van der Waals surface area (Å²) in [5, 5.41) is 9.15. The molecule has 0 spiro atoms. The molecular formula is C15H14BrNO4. The second-order valence-electron chi connectivity index (χ2n) is 4.30. The lowest BCUT2D eigenvalue weighted by Crippen LogP contribution is -2.02. The van der Waals surface area contributed by atoms with Crippen molar-refractivity contribution >= 4 is 21.9 Å². The van der Waals surface area contributed by atoms with Crippen molar-refractivity contribution in [2.45, 2.75) is 6.42 Å². The predicted octanol–water partition coefficient (Wildman–Crippen LogP) is 3.52. The molecule has 2 rings (SSSR count). The van der Waals surface area contributed by atoms with Gasteiger partial charge in [0.05, 0.1) is 6.61 Å². The van der Waals surface area contributed by atoms with Crippen LogP contribution in [-0.4, -0.2) is 29.8 Å². The van der Waals surface area contributed by atoms with E-state index in [-0.39, 0.29) is 11.4 Å². The Hall–Kier alpha value is -1.92. The summed E-state index contributed by atoms with van der Waals surface area (Å²) in [4.78, 5) is 15.2. The van der Waals surface area contributed by atoms with Crippen LogP contribution in [0.5, 0.6) is 11.6 Å². The number of aromatic nitrogens is 1. The van der Waals surface area contributed by atoms with Crippen LogP contribution in [0.15, 0.2) is 41.0 Å². The molecule has 1 aromatic carbocycles. The number of benzene rings is 1. The summed E-state index contributed by atoms with van der Waals surface area (Å²) in [5.41, 5.74) is 1.12. The smallest absolute Gasteiger partial charge is 0.341 e. The van der Waals surface area contributed by atoms with Gasteiger partial charge in [0.25, 0.3) is 0 Å². The molecule has 0 fully saturated rings. The number of hydrogen-bond donors (Lipinski definition) is 1. The van der Waals surface area contributed by atoms with E-state index in [1.165, 1.54) is 12.3 Å². The van der Waals surface area contributed by atoms with Crippen molar-refractivity contribution in [2.75, 3.05) is 13.7 Å². The number of carbonyl (C=O) groups is 1. The molecule has 0 bridgehead atoms. The number of methoxy groups -OCH3 is 1. The van der Waals surface area contributed by atoms with Crippen LogP contribution in [0.3, 0.4) is 0 Å². The molecule has 0 unspecified atom stereocenters. The number of carboxylic acid groups (broad SMARTS) is 1. The Kier molecular flexibility index (Phi) is 5.30. The maximum absolute atomic E-state index is 11.2. The van der Waals surface area contributed by atoms with Crippen LogP contribution in [0.2, 0.25) is 0 Å². The van der Waals surface area contributed by atoms with Crippen LogP contribution < -0.4 is 4.74 Å². The highest BCUT2D eigenvalue weighted by Crippen LogP contribution is 2.25. The van der Waals surface area contributed by atoms with Crippen LogP contribution in [0, 0.1) is 0 Å². The quantitative estimate of drug-likeness (QED) is 0.862. The first kappa shape index (κ1) is 15.5. The maximum atomic E-state index is 11.2. The minimum Gasteiger partial charge on any atom is -0.477 e. The van der Waals surface area contributed by atoms with Gasteiger partial charge in [0.1, 0.15) is 11.3 Å². The molecule has 1 aromatic heterocycles. The monoisotopic (exact) mass is 351 g/mol. The Labute approximate surface area is 130 Å². The van der Waals surface area contributed by atoms with Gasteiger partial charge in [-0.15, -0.1) is 0 Å². The fraction of sp³-hybridized carbons (Fsp3) is 0.200. The largest absolute Gasteiger partial charge is 0.477 e. The van der Waals surface area contributed by atoms with Gasteiger partial charge in [-0.1, -0.05) is 12.1 Å². The van der Waals surface area contributed by atoms with E-state index >= 15 is 0 Å². The number of pyridine rings is 1. The number of aromatic carboxylic acids is 1. The van der Waals surface area contributed by atoms with E-state index < -0.39 is 5.97 Å². The van der Waals surface area contributed by atoms with Gasteiger partial charge >= 0.3 is 5.97 Å². The molecule has 2 aromatic rings.